The van der Waals surface area contributed by atoms with E-state index in [1.54, 1.807) is 24.3 Å². The molecule has 1 aliphatic rings. The first kappa shape index (κ1) is 26.5. The highest BCUT2D eigenvalue weighted by molar-refractivity contribution is 7.89. The molecule has 0 aromatic heterocycles. The molecule has 1 heterocycles. The molecule has 192 valence electrons. The Bertz CT molecular complexity index is 1550. The van der Waals surface area contributed by atoms with Crippen LogP contribution in [0.3, 0.4) is 0 Å². The van der Waals surface area contributed by atoms with Gasteiger partial charge >= 0.3 is 0 Å². The number of primary sulfonamides is 1. The molecule has 4 rings (SSSR count). The van der Waals surface area contributed by atoms with Crippen LogP contribution in [-0.2, 0) is 19.6 Å². The van der Waals surface area contributed by atoms with Gasteiger partial charge in [-0.15, -0.1) is 0 Å². The van der Waals surface area contributed by atoms with Gasteiger partial charge in [0.2, 0.25) is 10.0 Å². The third-order valence-electron chi connectivity index (χ3n) is 5.77. The molecule has 3 aromatic carbocycles. The molecule has 12 heteroatoms. The number of anilines is 1. The van der Waals surface area contributed by atoms with E-state index in [9.17, 15) is 23.1 Å². The Morgan fingerprint density at radius 3 is 2.27 bits per heavy atom. The van der Waals surface area contributed by atoms with Crippen LogP contribution in [0.25, 0.3) is 5.76 Å². The molecule has 1 saturated heterocycles. The lowest BCUT2D eigenvalue weighted by Gasteiger charge is -2.26. The van der Waals surface area contributed by atoms with Crippen molar-refractivity contribution in [1.29, 1.82) is 0 Å². The van der Waals surface area contributed by atoms with Gasteiger partial charge in [0.25, 0.3) is 11.7 Å². The van der Waals surface area contributed by atoms with Crippen LogP contribution in [0.1, 0.15) is 17.2 Å². The summed E-state index contributed by atoms with van der Waals surface area (Å²) in [6, 6.07) is 13.4. The number of ketones is 1. The van der Waals surface area contributed by atoms with Crippen molar-refractivity contribution >= 4 is 56.4 Å². The number of halogens is 2. The molecule has 1 aliphatic heterocycles. The number of benzene rings is 3. The van der Waals surface area contributed by atoms with Crippen LogP contribution >= 0.6 is 23.2 Å². The van der Waals surface area contributed by atoms with Crippen molar-refractivity contribution in [3.05, 3.63) is 87.4 Å². The van der Waals surface area contributed by atoms with Gasteiger partial charge in [-0.25, -0.2) is 13.6 Å². The van der Waals surface area contributed by atoms with Crippen molar-refractivity contribution < 1.29 is 32.6 Å². The first-order chi connectivity index (χ1) is 17.5. The highest BCUT2D eigenvalue weighted by atomic mass is 35.5. The first-order valence-electron chi connectivity index (χ1n) is 10.6. The van der Waals surface area contributed by atoms with E-state index in [0.29, 0.717) is 11.3 Å². The Hall–Kier alpha value is -3.57. The van der Waals surface area contributed by atoms with Crippen molar-refractivity contribution in [2.45, 2.75) is 10.9 Å². The summed E-state index contributed by atoms with van der Waals surface area (Å²) in [6.45, 7) is 0. The van der Waals surface area contributed by atoms with E-state index >= 15 is 0 Å². The molecule has 0 saturated carbocycles. The number of nitrogens with two attached hydrogens (primary N) is 1. The van der Waals surface area contributed by atoms with Gasteiger partial charge in [-0.3, -0.25) is 14.5 Å². The summed E-state index contributed by atoms with van der Waals surface area (Å²) in [5, 5.41) is 16.8. The number of sulfonamides is 1. The van der Waals surface area contributed by atoms with Gasteiger partial charge in [-0.1, -0.05) is 35.3 Å². The Labute approximate surface area is 222 Å². The van der Waals surface area contributed by atoms with E-state index in [1.807, 2.05) is 0 Å². The molecule has 37 heavy (non-hydrogen) atoms. The molecule has 1 atom stereocenters. The molecular formula is C25H20Cl2N2O7S. The number of ether oxygens (including phenoxy) is 2. The van der Waals surface area contributed by atoms with Crippen molar-refractivity contribution in [1.82, 2.24) is 0 Å². The lowest BCUT2D eigenvalue weighted by Crippen LogP contribution is -2.29. The maximum atomic E-state index is 13.4. The summed E-state index contributed by atoms with van der Waals surface area (Å²) < 4.78 is 34.0. The van der Waals surface area contributed by atoms with Crippen LogP contribution < -0.4 is 19.5 Å². The monoisotopic (exact) mass is 562 g/mol. The predicted molar refractivity (Wildman–Crippen MR) is 139 cm³/mol. The third-order valence-corrected chi connectivity index (χ3v) is 7.19. The summed E-state index contributed by atoms with van der Waals surface area (Å²) in [5.41, 5.74) is 0.376. The number of amides is 1. The maximum Gasteiger partial charge on any atom is 0.300 e. The molecular weight excluding hydrogens is 543 g/mol. The SMILES string of the molecule is COc1cccc(C2/C(=C(\O)c3cc(Cl)cc(Cl)c3OC)C(=O)C(=O)N2c2ccc(S(N)(=O)=O)cc2)c1. The fourth-order valence-corrected chi connectivity index (χ4v) is 5.20. The van der Waals surface area contributed by atoms with Gasteiger partial charge in [0, 0.05) is 10.7 Å². The smallest absolute Gasteiger partial charge is 0.300 e. The molecule has 1 amide bonds. The lowest BCUT2D eigenvalue weighted by atomic mass is 9.94. The number of carbonyl (C=O) groups is 2. The van der Waals surface area contributed by atoms with Crippen LogP contribution in [0.2, 0.25) is 10.0 Å². The van der Waals surface area contributed by atoms with Crippen LogP contribution in [0, 0.1) is 0 Å². The first-order valence-corrected chi connectivity index (χ1v) is 12.9. The molecule has 3 aromatic rings. The molecule has 3 N–H and O–H groups in total. The summed E-state index contributed by atoms with van der Waals surface area (Å²) in [7, 11) is -1.20. The zero-order valence-electron chi connectivity index (χ0n) is 19.4. The molecule has 1 unspecified atom stereocenters. The second-order valence-corrected chi connectivity index (χ2v) is 10.4. The number of methoxy groups -OCH3 is 2. The van der Waals surface area contributed by atoms with Crippen molar-refractivity contribution in [2.24, 2.45) is 5.14 Å². The predicted octanol–water partition coefficient (Wildman–Crippen LogP) is 4.28. The Kier molecular flexibility index (Phi) is 7.20. The van der Waals surface area contributed by atoms with E-state index in [4.69, 9.17) is 37.8 Å². The highest BCUT2D eigenvalue weighted by Crippen LogP contribution is 2.45. The van der Waals surface area contributed by atoms with Gasteiger partial charge in [0.15, 0.2) is 0 Å². The zero-order valence-corrected chi connectivity index (χ0v) is 21.8. The quantitative estimate of drug-likeness (QED) is 0.260. The number of carbonyl (C=O) groups excluding carboxylic acids is 2. The van der Waals surface area contributed by atoms with Crippen LogP contribution in [-0.4, -0.2) is 39.4 Å². The number of nitrogens with zero attached hydrogens (tertiary/aromatic N) is 1. The number of hydrogen-bond acceptors (Lipinski definition) is 7. The fraction of sp³-hybridized carbons (Fsp3) is 0.120. The summed E-state index contributed by atoms with van der Waals surface area (Å²) in [6.07, 6.45) is 0. The summed E-state index contributed by atoms with van der Waals surface area (Å²) >= 11 is 12.4. The molecule has 9 nitrogen and oxygen atoms in total. The summed E-state index contributed by atoms with van der Waals surface area (Å²) in [4.78, 5) is 27.7. The van der Waals surface area contributed by atoms with E-state index < -0.39 is 33.5 Å². The van der Waals surface area contributed by atoms with Gasteiger partial charge < -0.3 is 14.6 Å². The standard InChI is InChI=1S/C25H20Cl2N2O7S/c1-35-16-5-3-4-13(10-16)21-20(22(30)18-11-14(26)12-19(27)24(18)36-2)23(31)25(32)29(21)15-6-8-17(9-7-15)37(28,33)34/h3-12,21,30H,1-2H3,(H2,28,33,34)/b22-20+. The van der Waals surface area contributed by atoms with Gasteiger partial charge in [0.1, 0.15) is 17.3 Å². The summed E-state index contributed by atoms with van der Waals surface area (Å²) in [5.74, 6) is -2.01. The highest BCUT2D eigenvalue weighted by Gasteiger charge is 2.47. The number of Topliss-reactive ketones (excluding diaryl/α,β-unsaturated/α-hetero) is 1. The van der Waals surface area contributed by atoms with E-state index in [1.165, 1.54) is 50.6 Å². The fourth-order valence-electron chi connectivity index (χ4n) is 4.11. The van der Waals surface area contributed by atoms with E-state index in [2.05, 4.69) is 0 Å². The molecule has 0 radical (unpaired) electrons. The second-order valence-electron chi connectivity index (χ2n) is 7.95. The Morgan fingerprint density at radius 1 is 1.00 bits per heavy atom. The van der Waals surface area contributed by atoms with E-state index in [-0.39, 0.29) is 37.5 Å². The molecule has 0 aliphatic carbocycles. The molecule has 0 spiro atoms. The van der Waals surface area contributed by atoms with Crippen LogP contribution in [0.4, 0.5) is 5.69 Å². The zero-order chi connectivity index (χ0) is 27.1. The van der Waals surface area contributed by atoms with Crippen molar-refractivity contribution in [3.63, 3.8) is 0 Å². The van der Waals surface area contributed by atoms with Gasteiger partial charge in [-0.05, 0) is 54.1 Å². The number of aliphatic hydroxyl groups excluding tert-OH is 1. The van der Waals surface area contributed by atoms with Gasteiger partial charge in [-0.2, -0.15) is 0 Å². The van der Waals surface area contributed by atoms with Crippen molar-refractivity contribution in [3.8, 4) is 11.5 Å². The van der Waals surface area contributed by atoms with Gasteiger partial charge in [0.05, 0.1) is 41.3 Å². The average molecular weight is 563 g/mol. The third kappa shape index (κ3) is 4.88. The topological polar surface area (TPSA) is 136 Å². The number of hydrogen-bond donors (Lipinski definition) is 2. The van der Waals surface area contributed by atoms with Crippen LogP contribution in [0.15, 0.2) is 71.1 Å². The largest absolute Gasteiger partial charge is 0.507 e. The Balaban J connectivity index is 2.00. The minimum Gasteiger partial charge on any atom is -0.507 e. The lowest BCUT2D eigenvalue weighted by molar-refractivity contribution is -0.132. The molecule has 0 bridgehead atoms. The Morgan fingerprint density at radius 2 is 1.68 bits per heavy atom. The number of rotatable bonds is 6. The number of aliphatic hydroxyl groups is 1. The van der Waals surface area contributed by atoms with Crippen molar-refractivity contribution in [2.75, 3.05) is 19.1 Å². The minimum atomic E-state index is -3.99. The van der Waals surface area contributed by atoms with Crippen LogP contribution in [0.5, 0.6) is 11.5 Å². The maximum absolute atomic E-state index is 13.4. The minimum absolute atomic E-state index is 0.00969. The molecule has 1 fully saturated rings. The second kappa shape index (κ2) is 10.1. The average Bonchev–Trinajstić information content (AvgIpc) is 3.13. The normalized spacial score (nSPS) is 17.2. The van der Waals surface area contributed by atoms with E-state index in [0.717, 1.165) is 4.90 Å².